The fourth-order valence-electron chi connectivity index (χ4n) is 2.26. The number of esters is 1. The zero-order valence-electron chi connectivity index (χ0n) is 11.8. The van der Waals surface area contributed by atoms with Crippen LogP contribution in [0.4, 0.5) is 10.5 Å². The zero-order chi connectivity index (χ0) is 15.6. The number of β-amino-alcohol motifs (C(OH)–C–C–N with tert-alkyl or cyclic N) is 1. The highest BCUT2D eigenvalue weighted by Gasteiger charge is 2.39. The minimum Gasteiger partial charge on any atom is -0.467 e. The summed E-state index contributed by atoms with van der Waals surface area (Å²) in [7, 11) is 1.25. The third-order valence-corrected chi connectivity index (χ3v) is 3.84. The number of benzene rings is 1. The van der Waals surface area contributed by atoms with Crippen LogP contribution >= 0.6 is 11.6 Å². The van der Waals surface area contributed by atoms with Crippen LogP contribution in [0.3, 0.4) is 0 Å². The molecule has 1 aliphatic rings. The van der Waals surface area contributed by atoms with E-state index in [2.05, 4.69) is 10.1 Å². The van der Waals surface area contributed by atoms with E-state index in [1.807, 2.05) is 6.92 Å². The Morgan fingerprint density at radius 1 is 1.48 bits per heavy atom. The molecule has 0 saturated carbocycles. The summed E-state index contributed by atoms with van der Waals surface area (Å²) in [5, 5.41) is 12.9. The van der Waals surface area contributed by atoms with Gasteiger partial charge in [0.15, 0.2) is 0 Å². The van der Waals surface area contributed by atoms with Gasteiger partial charge in [0.2, 0.25) is 0 Å². The number of amides is 2. The van der Waals surface area contributed by atoms with Crippen molar-refractivity contribution in [2.24, 2.45) is 0 Å². The normalized spacial score (nSPS) is 21.2. The van der Waals surface area contributed by atoms with Crippen molar-refractivity contribution < 1.29 is 19.4 Å². The lowest BCUT2D eigenvalue weighted by Crippen LogP contribution is -2.43. The number of nitrogens with one attached hydrogen (secondary N) is 1. The molecule has 21 heavy (non-hydrogen) atoms. The summed E-state index contributed by atoms with van der Waals surface area (Å²) in [5.74, 6) is -0.538. The molecule has 0 aromatic heterocycles. The second-order valence-electron chi connectivity index (χ2n) is 4.97. The lowest BCUT2D eigenvalue weighted by Gasteiger charge is -2.22. The fourth-order valence-corrected chi connectivity index (χ4v) is 2.44. The number of aryl methyl sites for hydroxylation is 1. The number of carbonyl (C=O) groups is 2. The maximum atomic E-state index is 12.2. The Morgan fingerprint density at radius 2 is 2.19 bits per heavy atom. The first-order valence-corrected chi connectivity index (χ1v) is 6.90. The number of urea groups is 1. The van der Waals surface area contributed by atoms with E-state index >= 15 is 0 Å². The van der Waals surface area contributed by atoms with Crippen LogP contribution in [0.5, 0.6) is 0 Å². The molecule has 0 bridgehead atoms. The van der Waals surface area contributed by atoms with Crippen LogP contribution < -0.4 is 5.32 Å². The molecule has 0 radical (unpaired) electrons. The first kappa shape index (κ1) is 15.6. The summed E-state index contributed by atoms with van der Waals surface area (Å²) in [6.07, 6.45) is -0.559. The topological polar surface area (TPSA) is 78.9 Å². The molecule has 1 fully saturated rings. The number of methoxy groups -OCH3 is 1. The van der Waals surface area contributed by atoms with Crippen molar-refractivity contribution >= 4 is 29.3 Å². The summed E-state index contributed by atoms with van der Waals surface area (Å²) in [5.41, 5.74) is 1.43. The quantitative estimate of drug-likeness (QED) is 0.816. The molecule has 1 saturated heterocycles. The predicted molar refractivity (Wildman–Crippen MR) is 78.3 cm³/mol. The summed E-state index contributed by atoms with van der Waals surface area (Å²) < 4.78 is 4.66. The number of rotatable bonds is 2. The minimum atomic E-state index is -0.772. The highest BCUT2D eigenvalue weighted by atomic mass is 35.5. The van der Waals surface area contributed by atoms with Crippen molar-refractivity contribution in [1.82, 2.24) is 4.90 Å². The van der Waals surface area contributed by atoms with Gasteiger partial charge in [0.25, 0.3) is 0 Å². The summed E-state index contributed by atoms with van der Waals surface area (Å²) in [6, 6.07) is 3.90. The number of carbonyl (C=O) groups excluding carboxylic acids is 2. The van der Waals surface area contributed by atoms with Crippen molar-refractivity contribution in [2.75, 3.05) is 19.0 Å². The first-order chi connectivity index (χ1) is 9.92. The van der Waals surface area contributed by atoms with Gasteiger partial charge in [-0.1, -0.05) is 17.7 Å². The maximum Gasteiger partial charge on any atom is 0.328 e. The molecule has 1 aliphatic heterocycles. The van der Waals surface area contributed by atoms with Gasteiger partial charge in [0, 0.05) is 23.7 Å². The number of nitrogens with zero attached hydrogens (tertiary/aromatic N) is 1. The Balaban J connectivity index is 2.11. The van der Waals surface area contributed by atoms with E-state index in [1.165, 1.54) is 12.0 Å². The van der Waals surface area contributed by atoms with Crippen LogP contribution in [0.1, 0.15) is 12.0 Å². The predicted octanol–water partition coefficient (Wildman–Crippen LogP) is 1.79. The molecule has 114 valence electrons. The standard InChI is InChI=1S/C14H17ClN2O4/c1-8-3-4-9(5-11(8)15)16-14(20)17-7-10(18)6-12(17)13(19)21-2/h3-5,10,12,18H,6-7H2,1-2H3,(H,16,20). The van der Waals surface area contributed by atoms with E-state index < -0.39 is 24.1 Å². The number of likely N-dealkylation sites (tertiary alicyclic amines) is 1. The molecule has 1 aromatic carbocycles. The molecule has 2 amide bonds. The van der Waals surface area contributed by atoms with Crippen LogP contribution in [-0.2, 0) is 9.53 Å². The highest BCUT2D eigenvalue weighted by molar-refractivity contribution is 6.31. The molecule has 1 heterocycles. The molecule has 2 rings (SSSR count). The number of aliphatic hydroxyl groups is 1. The highest BCUT2D eigenvalue weighted by Crippen LogP contribution is 2.23. The molecular formula is C14H17ClN2O4. The number of anilines is 1. The van der Waals surface area contributed by atoms with Crippen LogP contribution in [0.15, 0.2) is 18.2 Å². The zero-order valence-corrected chi connectivity index (χ0v) is 12.6. The van der Waals surface area contributed by atoms with Gasteiger partial charge in [-0.3, -0.25) is 0 Å². The Labute approximate surface area is 127 Å². The minimum absolute atomic E-state index is 0.0885. The lowest BCUT2D eigenvalue weighted by atomic mass is 10.2. The number of aliphatic hydroxyl groups excluding tert-OH is 1. The van der Waals surface area contributed by atoms with Gasteiger partial charge in [-0.05, 0) is 24.6 Å². The van der Waals surface area contributed by atoms with E-state index in [9.17, 15) is 14.7 Å². The van der Waals surface area contributed by atoms with Crippen LogP contribution in [0.25, 0.3) is 0 Å². The Morgan fingerprint density at radius 3 is 2.81 bits per heavy atom. The van der Waals surface area contributed by atoms with Crippen molar-refractivity contribution in [1.29, 1.82) is 0 Å². The summed E-state index contributed by atoms with van der Waals surface area (Å²) >= 11 is 6.00. The Kier molecular flexibility index (Phi) is 4.69. The van der Waals surface area contributed by atoms with Crippen LogP contribution in [0, 0.1) is 6.92 Å². The number of ether oxygens (including phenoxy) is 1. The van der Waals surface area contributed by atoms with E-state index in [0.717, 1.165) is 5.56 Å². The smallest absolute Gasteiger partial charge is 0.328 e. The van der Waals surface area contributed by atoms with Crippen LogP contribution in [-0.4, -0.2) is 47.8 Å². The van der Waals surface area contributed by atoms with Crippen molar-refractivity contribution in [2.45, 2.75) is 25.5 Å². The van der Waals surface area contributed by atoms with Crippen molar-refractivity contribution in [3.8, 4) is 0 Å². The largest absolute Gasteiger partial charge is 0.467 e. The molecule has 2 unspecified atom stereocenters. The van der Waals surface area contributed by atoms with Gasteiger partial charge in [0.05, 0.1) is 13.2 Å². The lowest BCUT2D eigenvalue weighted by molar-refractivity contribution is -0.144. The molecule has 0 spiro atoms. The van der Waals surface area contributed by atoms with Crippen molar-refractivity contribution in [3.63, 3.8) is 0 Å². The average molecular weight is 313 g/mol. The number of halogens is 1. The van der Waals surface area contributed by atoms with E-state index in [-0.39, 0.29) is 13.0 Å². The third-order valence-electron chi connectivity index (χ3n) is 3.44. The SMILES string of the molecule is COC(=O)C1CC(O)CN1C(=O)Nc1ccc(C)c(Cl)c1. The van der Waals surface area contributed by atoms with Gasteiger partial charge >= 0.3 is 12.0 Å². The summed E-state index contributed by atoms with van der Waals surface area (Å²) in [6.45, 7) is 1.95. The molecule has 2 atom stereocenters. The second kappa shape index (κ2) is 6.32. The monoisotopic (exact) mass is 312 g/mol. The molecule has 6 nitrogen and oxygen atoms in total. The number of hydrogen-bond acceptors (Lipinski definition) is 4. The van der Waals surface area contributed by atoms with Gasteiger partial charge in [-0.25, -0.2) is 9.59 Å². The maximum absolute atomic E-state index is 12.2. The second-order valence-corrected chi connectivity index (χ2v) is 5.38. The summed E-state index contributed by atoms with van der Waals surface area (Å²) in [4.78, 5) is 25.2. The van der Waals surface area contributed by atoms with E-state index in [4.69, 9.17) is 11.6 Å². The van der Waals surface area contributed by atoms with Gasteiger partial charge in [-0.2, -0.15) is 0 Å². The van der Waals surface area contributed by atoms with Crippen molar-refractivity contribution in [3.05, 3.63) is 28.8 Å². The average Bonchev–Trinajstić information content (AvgIpc) is 2.84. The van der Waals surface area contributed by atoms with Gasteiger partial charge < -0.3 is 20.1 Å². The Hall–Kier alpha value is -1.79. The Bertz CT molecular complexity index is 564. The van der Waals surface area contributed by atoms with E-state index in [1.54, 1.807) is 18.2 Å². The first-order valence-electron chi connectivity index (χ1n) is 6.52. The van der Waals surface area contributed by atoms with Gasteiger partial charge in [0.1, 0.15) is 6.04 Å². The van der Waals surface area contributed by atoms with E-state index in [0.29, 0.717) is 10.7 Å². The van der Waals surface area contributed by atoms with Gasteiger partial charge in [-0.15, -0.1) is 0 Å². The molecule has 2 N–H and O–H groups in total. The fraction of sp³-hybridized carbons (Fsp3) is 0.429. The molecule has 0 aliphatic carbocycles. The number of hydrogen-bond donors (Lipinski definition) is 2. The third kappa shape index (κ3) is 3.46. The molecular weight excluding hydrogens is 296 g/mol. The molecule has 1 aromatic rings. The van der Waals surface area contributed by atoms with Crippen LogP contribution in [0.2, 0.25) is 5.02 Å². The molecule has 7 heteroatoms.